The van der Waals surface area contributed by atoms with Crippen LogP contribution in [0.2, 0.25) is 5.15 Å². The molecule has 5 heterocycles. The van der Waals surface area contributed by atoms with Crippen LogP contribution in [0.15, 0.2) is 59.5 Å². The fraction of sp³-hybridized carbons (Fsp3) is 0.231. The highest BCUT2D eigenvalue weighted by Crippen LogP contribution is 2.37. The minimum Gasteiger partial charge on any atom is -0.479 e. The summed E-state index contributed by atoms with van der Waals surface area (Å²) in [5.74, 6) is -0.905. The van der Waals surface area contributed by atoms with E-state index in [1.807, 2.05) is 13.0 Å². The second-order valence-corrected chi connectivity index (χ2v) is 9.78. The molecule has 1 atom stereocenters. The smallest absolute Gasteiger partial charge is 0.261 e. The van der Waals surface area contributed by atoms with Crippen LogP contribution in [0.3, 0.4) is 0 Å². The van der Waals surface area contributed by atoms with Crippen molar-refractivity contribution in [2.75, 3.05) is 25.2 Å². The van der Waals surface area contributed by atoms with E-state index in [4.69, 9.17) is 21.1 Å². The molecule has 38 heavy (non-hydrogen) atoms. The van der Waals surface area contributed by atoms with Gasteiger partial charge in [0.1, 0.15) is 15.4 Å². The molecular weight excluding hydrogens is 576 g/mol. The first-order chi connectivity index (χ1) is 18.4. The fourth-order valence-corrected chi connectivity index (χ4v) is 4.54. The van der Waals surface area contributed by atoms with Crippen LogP contribution < -0.4 is 15.0 Å². The van der Waals surface area contributed by atoms with Crippen LogP contribution in [-0.2, 0) is 9.53 Å². The summed E-state index contributed by atoms with van der Waals surface area (Å²) in [6.07, 6.45) is 3.07. The Morgan fingerprint density at radius 2 is 1.97 bits per heavy atom. The zero-order chi connectivity index (χ0) is 26.8. The average molecular weight is 598 g/mol. The van der Waals surface area contributed by atoms with Crippen molar-refractivity contribution in [2.24, 2.45) is 0 Å². The molecular formula is C26H22BrClN6O4. The van der Waals surface area contributed by atoms with Crippen LogP contribution in [0.4, 0.5) is 5.69 Å². The molecule has 4 aromatic heterocycles. The standard InChI is InChI=1S/C26H22BrClN6O4/c1-14-5-7-20(27)32-22(14)23(24(35)31-16-12-38-13-16)34(19-6-8-21(28)33-25(19)37-2)26(36)15-10-18-17(30-11-15)4-3-9-29-18/h3-11,16,23H,12-13H2,1-2H3,(H,31,35). The number of hydrogen-bond donors (Lipinski definition) is 1. The fourth-order valence-electron chi connectivity index (χ4n) is 4.08. The molecule has 194 valence electrons. The van der Waals surface area contributed by atoms with Gasteiger partial charge in [-0.2, -0.15) is 4.98 Å². The van der Waals surface area contributed by atoms with Gasteiger partial charge in [-0.25, -0.2) is 4.98 Å². The zero-order valence-corrected chi connectivity index (χ0v) is 22.7. The van der Waals surface area contributed by atoms with Gasteiger partial charge in [-0.1, -0.05) is 17.7 Å². The van der Waals surface area contributed by atoms with Crippen molar-refractivity contribution < 1.29 is 19.1 Å². The number of hydrogen-bond acceptors (Lipinski definition) is 8. The van der Waals surface area contributed by atoms with E-state index in [2.05, 4.69) is 41.2 Å². The minimum atomic E-state index is -1.20. The zero-order valence-electron chi connectivity index (χ0n) is 20.4. The molecule has 0 aromatic carbocycles. The van der Waals surface area contributed by atoms with E-state index < -0.39 is 17.9 Å². The predicted molar refractivity (Wildman–Crippen MR) is 144 cm³/mol. The molecule has 2 amide bonds. The quantitative estimate of drug-likeness (QED) is 0.317. The molecule has 1 fully saturated rings. The molecule has 0 spiro atoms. The minimum absolute atomic E-state index is 0.0650. The number of carbonyl (C=O) groups is 2. The Hall–Kier alpha value is -3.67. The van der Waals surface area contributed by atoms with Crippen molar-refractivity contribution in [2.45, 2.75) is 19.0 Å². The van der Waals surface area contributed by atoms with Crippen molar-refractivity contribution in [1.82, 2.24) is 25.3 Å². The number of halogens is 2. The largest absolute Gasteiger partial charge is 0.479 e. The third-order valence-electron chi connectivity index (χ3n) is 6.03. The number of nitrogens with one attached hydrogen (secondary N) is 1. The molecule has 1 N–H and O–H groups in total. The van der Waals surface area contributed by atoms with Gasteiger partial charge in [0.25, 0.3) is 5.91 Å². The number of nitrogens with zero attached hydrogens (tertiary/aromatic N) is 5. The number of fused-ring (bicyclic) bond motifs is 1. The van der Waals surface area contributed by atoms with Crippen molar-refractivity contribution in [3.05, 3.63) is 81.4 Å². The molecule has 1 aliphatic heterocycles. The Labute approximate surface area is 231 Å². The predicted octanol–water partition coefficient (Wildman–Crippen LogP) is 4.06. The van der Waals surface area contributed by atoms with E-state index >= 15 is 0 Å². The van der Waals surface area contributed by atoms with Crippen molar-refractivity contribution in [3.63, 3.8) is 0 Å². The van der Waals surface area contributed by atoms with Crippen molar-refractivity contribution in [1.29, 1.82) is 0 Å². The van der Waals surface area contributed by atoms with Crippen LogP contribution in [0.5, 0.6) is 5.88 Å². The molecule has 0 radical (unpaired) electrons. The van der Waals surface area contributed by atoms with Gasteiger partial charge >= 0.3 is 0 Å². The van der Waals surface area contributed by atoms with E-state index in [0.29, 0.717) is 40.1 Å². The maximum absolute atomic E-state index is 14.3. The number of carbonyl (C=O) groups excluding carboxylic acids is 2. The third-order valence-corrected chi connectivity index (χ3v) is 6.68. The molecule has 1 aliphatic rings. The number of anilines is 1. The normalized spacial score (nSPS) is 14.0. The van der Waals surface area contributed by atoms with Gasteiger partial charge in [0.15, 0.2) is 6.04 Å². The molecule has 5 rings (SSSR count). The van der Waals surface area contributed by atoms with Gasteiger partial charge in [-0.15, -0.1) is 0 Å². The maximum Gasteiger partial charge on any atom is 0.261 e. The summed E-state index contributed by atoms with van der Waals surface area (Å²) in [7, 11) is 1.41. The van der Waals surface area contributed by atoms with Crippen molar-refractivity contribution >= 4 is 56.1 Å². The number of pyridine rings is 4. The van der Waals surface area contributed by atoms with E-state index in [9.17, 15) is 9.59 Å². The van der Waals surface area contributed by atoms with Crippen LogP contribution in [-0.4, -0.2) is 58.1 Å². The Bertz CT molecular complexity index is 1530. The number of aromatic nitrogens is 4. The monoisotopic (exact) mass is 596 g/mol. The molecule has 12 heteroatoms. The first kappa shape index (κ1) is 26.0. The number of rotatable bonds is 7. The molecule has 4 aromatic rings. The lowest BCUT2D eigenvalue weighted by Gasteiger charge is -2.34. The van der Waals surface area contributed by atoms with Crippen molar-refractivity contribution in [3.8, 4) is 5.88 Å². The molecule has 0 saturated carbocycles. The number of methoxy groups -OCH3 is 1. The summed E-state index contributed by atoms with van der Waals surface area (Å²) in [4.78, 5) is 47.1. The van der Waals surface area contributed by atoms with E-state index in [1.165, 1.54) is 24.3 Å². The van der Waals surface area contributed by atoms with Gasteiger partial charge in [0, 0.05) is 12.4 Å². The molecule has 1 unspecified atom stereocenters. The van der Waals surface area contributed by atoms with Crippen LogP contribution in [0.1, 0.15) is 27.7 Å². The van der Waals surface area contributed by atoms with E-state index in [1.54, 1.807) is 36.5 Å². The van der Waals surface area contributed by atoms with Gasteiger partial charge in [-0.3, -0.25) is 24.5 Å². The second kappa shape index (κ2) is 11.0. The first-order valence-corrected chi connectivity index (χ1v) is 12.8. The Morgan fingerprint density at radius 1 is 1.16 bits per heavy atom. The summed E-state index contributed by atoms with van der Waals surface area (Å²) in [6, 6.07) is 10.5. The summed E-state index contributed by atoms with van der Waals surface area (Å²) in [5, 5.41) is 3.13. The lowest BCUT2D eigenvalue weighted by atomic mass is 10.0. The summed E-state index contributed by atoms with van der Waals surface area (Å²) in [6.45, 7) is 2.58. The summed E-state index contributed by atoms with van der Waals surface area (Å²) >= 11 is 9.54. The van der Waals surface area contributed by atoms with Gasteiger partial charge in [-0.05, 0) is 64.8 Å². The summed E-state index contributed by atoms with van der Waals surface area (Å²) in [5.41, 5.74) is 2.68. The van der Waals surface area contributed by atoms with Gasteiger partial charge in [0.05, 0.1) is 48.7 Å². The first-order valence-electron chi connectivity index (χ1n) is 11.6. The van der Waals surface area contributed by atoms with Crippen LogP contribution in [0.25, 0.3) is 11.0 Å². The second-order valence-electron chi connectivity index (χ2n) is 8.58. The Balaban J connectivity index is 1.71. The van der Waals surface area contributed by atoms with E-state index in [-0.39, 0.29) is 28.3 Å². The maximum atomic E-state index is 14.3. The molecule has 0 bridgehead atoms. The molecule has 0 aliphatic carbocycles. The Morgan fingerprint density at radius 3 is 2.71 bits per heavy atom. The third kappa shape index (κ3) is 5.17. The highest BCUT2D eigenvalue weighted by molar-refractivity contribution is 9.10. The topological polar surface area (TPSA) is 119 Å². The lowest BCUT2D eigenvalue weighted by Crippen LogP contribution is -2.53. The van der Waals surface area contributed by atoms with Gasteiger partial charge in [0.2, 0.25) is 11.8 Å². The van der Waals surface area contributed by atoms with Gasteiger partial charge < -0.3 is 14.8 Å². The average Bonchev–Trinajstić information content (AvgIpc) is 2.90. The lowest BCUT2D eigenvalue weighted by molar-refractivity contribution is -0.126. The highest BCUT2D eigenvalue weighted by Gasteiger charge is 2.39. The SMILES string of the molecule is COc1nc(Cl)ccc1N(C(=O)c1cnc2cccnc2c1)C(C(=O)NC1COC1)c1nc(Br)ccc1C. The Kier molecular flexibility index (Phi) is 7.50. The van der Waals surface area contributed by atoms with E-state index in [0.717, 1.165) is 0 Å². The van der Waals surface area contributed by atoms with Crippen LogP contribution >= 0.6 is 27.5 Å². The number of ether oxygens (including phenoxy) is 2. The highest BCUT2D eigenvalue weighted by atomic mass is 79.9. The molecule has 10 nitrogen and oxygen atoms in total. The van der Waals surface area contributed by atoms with Crippen LogP contribution in [0, 0.1) is 6.92 Å². The summed E-state index contributed by atoms with van der Waals surface area (Å²) < 4.78 is 11.2. The number of aryl methyl sites for hydroxylation is 1. The number of amides is 2. The molecule has 1 saturated heterocycles.